The van der Waals surface area contributed by atoms with Crippen LogP contribution in [0.25, 0.3) is 0 Å². The van der Waals surface area contributed by atoms with Crippen molar-refractivity contribution in [3.05, 3.63) is 0 Å². The van der Waals surface area contributed by atoms with Crippen molar-refractivity contribution in [3.63, 3.8) is 0 Å². The summed E-state index contributed by atoms with van der Waals surface area (Å²) in [7, 11) is 0. The molecule has 0 aliphatic carbocycles. The Morgan fingerprint density at radius 2 is 1.94 bits per heavy atom. The summed E-state index contributed by atoms with van der Waals surface area (Å²) in [5, 5.41) is 10.9. The van der Waals surface area contributed by atoms with Crippen LogP contribution in [0.3, 0.4) is 0 Å². The van der Waals surface area contributed by atoms with Crippen LogP contribution >= 0.6 is 0 Å². The number of hydrogen-bond donors (Lipinski definition) is 3. The number of carbonyl (C=O) groups is 2. The van der Waals surface area contributed by atoms with E-state index in [-0.39, 0.29) is 19.2 Å². The number of nitrogens with zero attached hydrogens (tertiary/aromatic N) is 1. The summed E-state index contributed by atoms with van der Waals surface area (Å²) < 4.78 is 0. The fourth-order valence-corrected chi connectivity index (χ4v) is 1.69. The number of aliphatic hydroxyl groups is 1. The van der Waals surface area contributed by atoms with Crippen molar-refractivity contribution in [1.29, 1.82) is 0 Å². The Labute approximate surface area is 95.8 Å². The van der Waals surface area contributed by atoms with Gasteiger partial charge in [0.05, 0.1) is 13.2 Å². The van der Waals surface area contributed by atoms with Crippen molar-refractivity contribution in [2.75, 3.05) is 19.7 Å². The highest BCUT2D eigenvalue weighted by Crippen LogP contribution is 2.07. The van der Waals surface area contributed by atoms with Gasteiger partial charge in [0.25, 0.3) is 0 Å². The zero-order valence-corrected chi connectivity index (χ0v) is 9.90. The van der Waals surface area contributed by atoms with Crippen LogP contribution in [0.15, 0.2) is 0 Å². The number of imide groups is 1. The molecule has 0 aromatic heterocycles. The van der Waals surface area contributed by atoms with Gasteiger partial charge in [-0.1, -0.05) is 13.8 Å². The van der Waals surface area contributed by atoms with Gasteiger partial charge in [-0.25, -0.2) is 4.79 Å². The molecular weight excluding hydrogens is 210 g/mol. The van der Waals surface area contributed by atoms with Crippen LogP contribution in [-0.2, 0) is 4.79 Å². The smallest absolute Gasteiger partial charge is 0.318 e. The normalized spacial score (nSPS) is 10.8. The standard InChI is InChI=1S/C10H21N3O3/c1-3-8(4-2)13(5-6-14)7-9(15)12-10(11)16/h8,14H,3-7H2,1-2H3,(H3,11,12,15,16). The van der Waals surface area contributed by atoms with E-state index in [1.54, 1.807) is 0 Å². The van der Waals surface area contributed by atoms with Gasteiger partial charge in [0.1, 0.15) is 0 Å². The van der Waals surface area contributed by atoms with E-state index < -0.39 is 11.9 Å². The predicted molar refractivity (Wildman–Crippen MR) is 60.8 cm³/mol. The average molecular weight is 231 g/mol. The molecule has 0 aromatic carbocycles. The van der Waals surface area contributed by atoms with Crippen LogP contribution < -0.4 is 11.1 Å². The number of hydrogen-bond acceptors (Lipinski definition) is 4. The van der Waals surface area contributed by atoms with Gasteiger partial charge in [-0.05, 0) is 12.8 Å². The van der Waals surface area contributed by atoms with E-state index in [4.69, 9.17) is 10.8 Å². The lowest BCUT2D eigenvalue weighted by molar-refractivity contribution is -0.121. The van der Waals surface area contributed by atoms with Crippen LogP contribution in [-0.4, -0.2) is 47.7 Å². The van der Waals surface area contributed by atoms with E-state index in [9.17, 15) is 9.59 Å². The molecule has 0 fully saturated rings. The van der Waals surface area contributed by atoms with Crippen molar-refractivity contribution >= 4 is 11.9 Å². The van der Waals surface area contributed by atoms with Crippen molar-refractivity contribution in [2.24, 2.45) is 5.73 Å². The molecule has 0 saturated carbocycles. The van der Waals surface area contributed by atoms with Crippen LogP contribution in [0.2, 0.25) is 0 Å². The maximum absolute atomic E-state index is 11.3. The first kappa shape index (κ1) is 14.9. The number of amides is 3. The van der Waals surface area contributed by atoms with Gasteiger partial charge < -0.3 is 10.8 Å². The monoisotopic (exact) mass is 231 g/mol. The number of nitrogens with two attached hydrogens (primary N) is 1. The maximum atomic E-state index is 11.3. The number of nitrogens with one attached hydrogen (secondary N) is 1. The summed E-state index contributed by atoms with van der Waals surface area (Å²) in [4.78, 5) is 23.7. The Balaban J connectivity index is 4.30. The third kappa shape index (κ3) is 5.67. The van der Waals surface area contributed by atoms with Gasteiger partial charge in [-0.15, -0.1) is 0 Å². The lowest BCUT2D eigenvalue weighted by atomic mass is 10.1. The van der Waals surface area contributed by atoms with E-state index in [1.807, 2.05) is 24.1 Å². The highest BCUT2D eigenvalue weighted by Gasteiger charge is 2.18. The average Bonchev–Trinajstić information content (AvgIpc) is 2.18. The van der Waals surface area contributed by atoms with E-state index >= 15 is 0 Å². The molecule has 0 saturated heterocycles. The highest BCUT2D eigenvalue weighted by atomic mass is 16.3. The minimum Gasteiger partial charge on any atom is -0.395 e. The number of primary amides is 1. The molecule has 0 heterocycles. The molecule has 0 aliphatic rings. The molecule has 94 valence electrons. The molecular formula is C10H21N3O3. The Morgan fingerprint density at radius 3 is 2.31 bits per heavy atom. The quantitative estimate of drug-likeness (QED) is 0.558. The van der Waals surface area contributed by atoms with Crippen molar-refractivity contribution in [1.82, 2.24) is 10.2 Å². The predicted octanol–water partition coefficient (Wildman–Crippen LogP) is -0.336. The molecule has 16 heavy (non-hydrogen) atoms. The van der Waals surface area contributed by atoms with E-state index in [0.717, 1.165) is 12.8 Å². The zero-order chi connectivity index (χ0) is 12.6. The Hall–Kier alpha value is -1.14. The van der Waals surface area contributed by atoms with E-state index in [1.165, 1.54) is 0 Å². The van der Waals surface area contributed by atoms with Crippen molar-refractivity contribution in [2.45, 2.75) is 32.7 Å². The van der Waals surface area contributed by atoms with Gasteiger partial charge in [-0.3, -0.25) is 15.0 Å². The van der Waals surface area contributed by atoms with Gasteiger partial charge >= 0.3 is 6.03 Å². The van der Waals surface area contributed by atoms with Crippen molar-refractivity contribution in [3.8, 4) is 0 Å². The number of aliphatic hydroxyl groups excluding tert-OH is 1. The zero-order valence-electron chi connectivity index (χ0n) is 9.90. The van der Waals surface area contributed by atoms with Crippen LogP contribution in [0.4, 0.5) is 4.79 Å². The largest absolute Gasteiger partial charge is 0.395 e. The SMILES string of the molecule is CCC(CC)N(CCO)CC(=O)NC(N)=O. The summed E-state index contributed by atoms with van der Waals surface area (Å²) in [6.07, 6.45) is 1.78. The summed E-state index contributed by atoms with van der Waals surface area (Å²) >= 11 is 0. The lowest BCUT2D eigenvalue weighted by Gasteiger charge is -2.28. The Bertz CT molecular complexity index is 229. The third-order valence-corrected chi connectivity index (χ3v) is 2.46. The van der Waals surface area contributed by atoms with Gasteiger partial charge in [0.15, 0.2) is 0 Å². The number of rotatable bonds is 7. The first-order valence-corrected chi connectivity index (χ1v) is 5.49. The minimum absolute atomic E-state index is 0.0135. The van der Waals surface area contributed by atoms with Gasteiger partial charge in [0.2, 0.25) is 5.91 Å². The number of urea groups is 1. The van der Waals surface area contributed by atoms with Crippen LogP contribution in [0, 0.1) is 0 Å². The molecule has 3 amide bonds. The minimum atomic E-state index is -0.849. The molecule has 0 radical (unpaired) electrons. The molecule has 0 spiro atoms. The van der Waals surface area contributed by atoms with Crippen LogP contribution in [0.5, 0.6) is 0 Å². The molecule has 0 aromatic rings. The first-order valence-electron chi connectivity index (χ1n) is 5.49. The second-order valence-electron chi connectivity index (χ2n) is 3.58. The summed E-state index contributed by atoms with van der Waals surface area (Å²) in [5.41, 5.74) is 4.85. The van der Waals surface area contributed by atoms with Gasteiger partial charge in [0, 0.05) is 12.6 Å². The van der Waals surface area contributed by atoms with E-state index in [0.29, 0.717) is 6.54 Å². The molecule has 0 aliphatic heterocycles. The van der Waals surface area contributed by atoms with Gasteiger partial charge in [-0.2, -0.15) is 0 Å². The molecule has 6 nitrogen and oxygen atoms in total. The van der Waals surface area contributed by atoms with Crippen LogP contribution in [0.1, 0.15) is 26.7 Å². The lowest BCUT2D eigenvalue weighted by Crippen LogP contribution is -2.46. The second-order valence-corrected chi connectivity index (χ2v) is 3.58. The summed E-state index contributed by atoms with van der Waals surface area (Å²) in [6.45, 7) is 4.52. The fraction of sp³-hybridized carbons (Fsp3) is 0.800. The fourth-order valence-electron chi connectivity index (χ4n) is 1.69. The molecule has 0 bridgehead atoms. The molecule has 4 N–H and O–H groups in total. The first-order chi connectivity index (χ1) is 7.54. The number of carbonyl (C=O) groups excluding carboxylic acids is 2. The highest BCUT2D eigenvalue weighted by molar-refractivity contribution is 5.94. The summed E-state index contributed by atoms with van der Waals surface area (Å²) in [6, 6.07) is -0.621. The summed E-state index contributed by atoms with van der Waals surface area (Å²) in [5.74, 6) is -0.437. The second kappa shape index (κ2) is 8.06. The molecule has 0 unspecified atom stereocenters. The molecule has 0 rings (SSSR count). The maximum Gasteiger partial charge on any atom is 0.318 e. The third-order valence-electron chi connectivity index (χ3n) is 2.46. The Kier molecular flexibility index (Phi) is 7.49. The topological polar surface area (TPSA) is 95.7 Å². The molecule has 6 heteroatoms. The van der Waals surface area contributed by atoms with E-state index in [2.05, 4.69) is 0 Å². The molecule has 0 atom stereocenters. The van der Waals surface area contributed by atoms with Crippen molar-refractivity contribution < 1.29 is 14.7 Å². The Morgan fingerprint density at radius 1 is 1.38 bits per heavy atom.